The molecule has 0 aromatic heterocycles. The fourth-order valence-electron chi connectivity index (χ4n) is 1.97. The lowest BCUT2D eigenvalue weighted by Gasteiger charge is -2.24. The molecule has 1 aliphatic carbocycles. The average molecular weight is 200 g/mol. The molecule has 0 aromatic rings. The van der Waals surface area contributed by atoms with Gasteiger partial charge in [0.05, 0.1) is 11.6 Å². The third kappa shape index (κ3) is 2.96. The normalized spacial score (nSPS) is 22.1. The van der Waals surface area contributed by atoms with Gasteiger partial charge in [0.15, 0.2) is 0 Å². The zero-order valence-electron chi connectivity index (χ0n) is 8.75. The van der Waals surface area contributed by atoms with Crippen LogP contribution in [0.3, 0.4) is 0 Å². The predicted molar refractivity (Wildman–Crippen MR) is 54.7 cm³/mol. The first-order valence-electron chi connectivity index (χ1n) is 5.32. The summed E-state index contributed by atoms with van der Waals surface area (Å²) in [6.45, 7) is 2.38. The number of nitrogens with one attached hydrogen (secondary N) is 1. The van der Waals surface area contributed by atoms with Crippen LogP contribution in [0.15, 0.2) is 0 Å². The molecule has 4 heteroatoms. The van der Waals surface area contributed by atoms with Gasteiger partial charge in [-0.15, -0.1) is 0 Å². The molecule has 0 bridgehead atoms. The van der Waals surface area contributed by atoms with E-state index in [2.05, 4.69) is 5.32 Å². The molecule has 0 aromatic carbocycles. The Bertz CT molecular complexity index is 200. The second-order valence-electron chi connectivity index (χ2n) is 4.18. The number of amides is 1. The molecule has 0 spiro atoms. The van der Waals surface area contributed by atoms with Crippen molar-refractivity contribution in [3.8, 4) is 0 Å². The molecule has 1 saturated carbocycles. The van der Waals surface area contributed by atoms with Gasteiger partial charge in [-0.2, -0.15) is 0 Å². The highest BCUT2D eigenvalue weighted by molar-refractivity contribution is 5.79. The van der Waals surface area contributed by atoms with Crippen LogP contribution in [0.1, 0.15) is 39.0 Å². The van der Waals surface area contributed by atoms with Crippen molar-refractivity contribution in [1.29, 1.82) is 0 Å². The van der Waals surface area contributed by atoms with Gasteiger partial charge in [0.25, 0.3) is 0 Å². The molecule has 1 aliphatic rings. The number of carbonyl (C=O) groups excluding carboxylic acids is 1. The summed E-state index contributed by atoms with van der Waals surface area (Å²) in [5.74, 6) is -0.339. The minimum atomic E-state index is -0.608. The predicted octanol–water partition coefficient (Wildman–Crippen LogP) is 0.145. The van der Waals surface area contributed by atoms with Crippen LogP contribution in [0, 0.1) is 0 Å². The molecule has 1 atom stereocenters. The van der Waals surface area contributed by atoms with Crippen LogP contribution in [0.2, 0.25) is 0 Å². The molecule has 1 unspecified atom stereocenters. The topological polar surface area (TPSA) is 75.3 Å². The summed E-state index contributed by atoms with van der Waals surface area (Å²) >= 11 is 0. The van der Waals surface area contributed by atoms with Crippen molar-refractivity contribution in [1.82, 2.24) is 5.32 Å². The van der Waals surface area contributed by atoms with Crippen LogP contribution >= 0.6 is 0 Å². The van der Waals surface area contributed by atoms with E-state index in [-0.39, 0.29) is 11.9 Å². The fraction of sp³-hybridized carbons (Fsp3) is 0.900. The van der Waals surface area contributed by atoms with E-state index in [1.165, 1.54) is 0 Å². The second kappa shape index (κ2) is 4.75. The monoisotopic (exact) mass is 200 g/mol. The van der Waals surface area contributed by atoms with Gasteiger partial charge in [-0.25, -0.2) is 0 Å². The van der Waals surface area contributed by atoms with Crippen molar-refractivity contribution in [2.45, 2.75) is 50.7 Å². The lowest BCUT2D eigenvalue weighted by Crippen LogP contribution is -2.47. The molecular formula is C10H20N2O2. The molecule has 0 aliphatic heterocycles. The molecule has 4 N–H and O–H groups in total. The van der Waals surface area contributed by atoms with Crippen molar-refractivity contribution in [3.63, 3.8) is 0 Å². The first-order valence-corrected chi connectivity index (χ1v) is 5.32. The van der Waals surface area contributed by atoms with Crippen molar-refractivity contribution < 1.29 is 9.90 Å². The molecule has 82 valence electrons. The number of carbonyl (C=O) groups is 1. The third-order valence-electron chi connectivity index (χ3n) is 2.96. The van der Waals surface area contributed by atoms with Gasteiger partial charge in [-0.1, -0.05) is 19.8 Å². The number of primary amides is 1. The first kappa shape index (κ1) is 11.5. The maximum atomic E-state index is 10.9. The Morgan fingerprint density at radius 3 is 2.57 bits per heavy atom. The van der Waals surface area contributed by atoms with Crippen LogP contribution in [-0.2, 0) is 4.79 Å². The minimum Gasteiger partial charge on any atom is -0.389 e. The number of rotatable bonds is 5. The van der Waals surface area contributed by atoms with E-state index < -0.39 is 5.60 Å². The van der Waals surface area contributed by atoms with Gasteiger partial charge >= 0.3 is 0 Å². The molecule has 1 fully saturated rings. The molecule has 1 rings (SSSR count). The van der Waals surface area contributed by atoms with Crippen molar-refractivity contribution >= 4 is 5.91 Å². The standard InChI is InChI=1S/C10H20N2O2/c1-2-8(9(11)13)12-7-10(14)5-3-4-6-10/h8,12,14H,2-7H2,1H3,(H2,11,13). The van der Waals surface area contributed by atoms with E-state index in [0.717, 1.165) is 25.7 Å². The van der Waals surface area contributed by atoms with Crippen molar-refractivity contribution in [3.05, 3.63) is 0 Å². The van der Waals surface area contributed by atoms with E-state index in [9.17, 15) is 9.90 Å². The quantitative estimate of drug-likeness (QED) is 0.591. The van der Waals surface area contributed by atoms with Gasteiger partial charge in [0.2, 0.25) is 5.91 Å². The highest BCUT2D eigenvalue weighted by Crippen LogP contribution is 2.28. The summed E-state index contributed by atoms with van der Waals surface area (Å²) in [6, 6.07) is -0.306. The Hall–Kier alpha value is -0.610. The van der Waals surface area contributed by atoms with Crippen LogP contribution in [0.25, 0.3) is 0 Å². The minimum absolute atomic E-state index is 0.306. The van der Waals surface area contributed by atoms with Crippen molar-refractivity contribution in [2.24, 2.45) is 5.73 Å². The van der Waals surface area contributed by atoms with Gasteiger partial charge in [0.1, 0.15) is 0 Å². The molecule has 1 amide bonds. The summed E-state index contributed by atoms with van der Waals surface area (Å²) in [7, 11) is 0. The largest absolute Gasteiger partial charge is 0.389 e. The smallest absolute Gasteiger partial charge is 0.234 e. The van der Waals surface area contributed by atoms with Crippen LogP contribution in [0.4, 0.5) is 0 Å². The van der Waals surface area contributed by atoms with Crippen LogP contribution < -0.4 is 11.1 Å². The van der Waals surface area contributed by atoms with Gasteiger partial charge in [0, 0.05) is 6.54 Å². The summed E-state index contributed by atoms with van der Waals surface area (Å²) in [5, 5.41) is 13.0. The zero-order chi connectivity index (χ0) is 10.6. The second-order valence-corrected chi connectivity index (χ2v) is 4.18. The Morgan fingerprint density at radius 1 is 1.57 bits per heavy atom. The van der Waals surface area contributed by atoms with E-state index in [1.54, 1.807) is 0 Å². The number of hydrogen-bond acceptors (Lipinski definition) is 3. The summed E-state index contributed by atoms with van der Waals surface area (Å²) in [5.41, 5.74) is 4.58. The Balaban J connectivity index is 2.34. The Labute approximate surface area is 84.9 Å². The zero-order valence-corrected chi connectivity index (χ0v) is 8.75. The molecule has 0 radical (unpaired) electrons. The summed E-state index contributed by atoms with van der Waals surface area (Å²) in [4.78, 5) is 10.9. The van der Waals surface area contributed by atoms with Crippen LogP contribution in [0.5, 0.6) is 0 Å². The van der Waals surface area contributed by atoms with Gasteiger partial charge < -0.3 is 16.2 Å². The lowest BCUT2D eigenvalue weighted by atomic mass is 10.0. The molecule has 14 heavy (non-hydrogen) atoms. The maximum absolute atomic E-state index is 10.9. The van der Waals surface area contributed by atoms with E-state index in [1.807, 2.05) is 6.92 Å². The van der Waals surface area contributed by atoms with Gasteiger partial charge in [-0.3, -0.25) is 4.79 Å². The lowest BCUT2D eigenvalue weighted by molar-refractivity contribution is -0.120. The first-order chi connectivity index (χ1) is 6.57. The molecular weight excluding hydrogens is 180 g/mol. The third-order valence-corrected chi connectivity index (χ3v) is 2.96. The summed E-state index contributed by atoms with van der Waals surface area (Å²) < 4.78 is 0. The molecule has 0 heterocycles. The number of aliphatic hydroxyl groups is 1. The number of hydrogen-bond donors (Lipinski definition) is 3. The highest BCUT2D eigenvalue weighted by atomic mass is 16.3. The van der Waals surface area contributed by atoms with E-state index in [0.29, 0.717) is 13.0 Å². The Kier molecular flexibility index (Phi) is 3.89. The summed E-state index contributed by atoms with van der Waals surface area (Å²) in [6.07, 6.45) is 4.48. The SMILES string of the molecule is CCC(NCC1(O)CCCC1)C(N)=O. The average Bonchev–Trinajstić information content (AvgIpc) is 2.53. The van der Waals surface area contributed by atoms with Crippen LogP contribution in [-0.4, -0.2) is 29.2 Å². The Morgan fingerprint density at radius 2 is 2.14 bits per heavy atom. The highest BCUT2D eigenvalue weighted by Gasteiger charge is 2.31. The van der Waals surface area contributed by atoms with Crippen molar-refractivity contribution in [2.75, 3.05) is 6.54 Å². The van der Waals surface area contributed by atoms with Gasteiger partial charge in [-0.05, 0) is 19.3 Å². The molecule has 0 saturated heterocycles. The fourth-order valence-corrected chi connectivity index (χ4v) is 1.97. The number of nitrogens with two attached hydrogens (primary N) is 1. The van der Waals surface area contributed by atoms with E-state index in [4.69, 9.17) is 5.73 Å². The maximum Gasteiger partial charge on any atom is 0.234 e. The molecule has 4 nitrogen and oxygen atoms in total. The van der Waals surface area contributed by atoms with E-state index >= 15 is 0 Å².